The van der Waals surface area contributed by atoms with Gasteiger partial charge in [-0.25, -0.2) is 0 Å². The van der Waals surface area contributed by atoms with Crippen LogP contribution in [-0.2, 0) is 0 Å². The Morgan fingerprint density at radius 3 is 2.41 bits per heavy atom. The van der Waals surface area contributed by atoms with Gasteiger partial charge in [0.2, 0.25) is 0 Å². The Hall–Kier alpha value is -0.580. The standard InChI is InChI=1S/C13H20BrNO2/c1-13(2,3)15-8-11(16)9-17-12-6-4-10(14)5-7-12/h4-7,11,15-16H,8-9H2,1-3H3/t11-/m0/s1. The van der Waals surface area contributed by atoms with Crippen molar-refractivity contribution in [2.45, 2.75) is 32.4 Å². The molecule has 0 saturated heterocycles. The predicted molar refractivity (Wildman–Crippen MR) is 73.4 cm³/mol. The van der Waals surface area contributed by atoms with Crippen molar-refractivity contribution in [3.63, 3.8) is 0 Å². The van der Waals surface area contributed by atoms with Crippen LogP contribution in [0.2, 0.25) is 0 Å². The highest BCUT2D eigenvalue weighted by Crippen LogP contribution is 2.16. The van der Waals surface area contributed by atoms with Crippen LogP contribution < -0.4 is 10.1 Å². The van der Waals surface area contributed by atoms with Crippen LogP contribution >= 0.6 is 15.9 Å². The third kappa shape index (κ3) is 6.66. The number of benzene rings is 1. The van der Waals surface area contributed by atoms with Crippen molar-refractivity contribution in [1.82, 2.24) is 5.32 Å². The van der Waals surface area contributed by atoms with Gasteiger partial charge < -0.3 is 15.2 Å². The third-order valence-electron chi connectivity index (χ3n) is 2.12. The number of nitrogens with one attached hydrogen (secondary N) is 1. The molecule has 96 valence electrons. The number of β-amino-alcohol motifs (C(OH)–C–C–N with tert-alkyl or cyclic N) is 1. The molecule has 3 nitrogen and oxygen atoms in total. The molecule has 0 unspecified atom stereocenters. The second-order valence-electron chi connectivity index (χ2n) is 5.05. The Kier molecular flexibility index (Phi) is 5.43. The smallest absolute Gasteiger partial charge is 0.119 e. The number of ether oxygens (including phenoxy) is 1. The molecular formula is C13H20BrNO2. The van der Waals surface area contributed by atoms with Gasteiger partial charge in [-0.3, -0.25) is 0 Å². The molecule has 0 aliphatic carbocycles. The molecule has 1 rings (SSSR count). The molecule has 1 atom stereocenters. The molecule has 2 N–H and O–H groups in total. The number of aliphatic hydroxyl groups excluding tert-OH is 1. The zero-order valence-corrected chi connectivity index (χ0v) is 12.1. The molecule has 4 heteroatoms. The average Bonchev–Trinajstić information content (AvgIpc) is 2.25. The molecule has 0 aliphatic rings. The normalized spacial score (nSPS) is 13.5. The molecule has 0 bridgehead atoms. The second-order valence-corrected chi connectivity index (χ2v) is 5.97. The maximum Gasteiger partial charge on any atom is 0.119 e. The second kappa shape index (κ2) is 6.38. The van der Waals surface area contributed by atoms with E-state index >= 15 is 0 Å². The highest BCUT2D eigenvalue weighted by atomic mass is 79.9. The summed E-state index contributed by atoms with van der Waals surface area (Å²) in [5.74, 6) is 0.767. The van der Waals surface area contributed by atoms with E-state index in [1.807, 2.05) is 24.3 Å². The van der Waals surface area contributed by atoms with Crippen molar-refractivity contribution < 1.29 is 9.84 Å². The Morgan fingerprint density at radius 2 is 1.88 bits per heavy atom. The summed E-state index contributed by atoms with van der Waals surface area (Å²) >= 11 is 3.36. The van der Waals surface area contributed by atoms with Gasteiger partial charge in [0, 0.05) is 16.6 Å². The zero-order chi connectivity index (χ0) is 12.9. The van der Waals surface area contributed by atoms with Crippen LogP contribution in [0, 0.1) is 0 Å². The zero-order valence-electron chi connectivity index (χ0n) is 10.5. The van der Waals surface area contributed by atoms with Crippen molar-refractivity contribution in [2.24, 2.45) is 0 Å². The fourth-order valence-electron chi connectivity index (χ4n) is 1.21. The molecule has 1 aromatic rings. The molecule has 0 aliphatic heterocycles. The number of hydrogen-bond acceptors (Lipinski definition) is 3. The summed E-state index contributed by atoms with van der Waals surface area (Å²) in [5, 5.41) is 13.0. The number of hydrogen-bond donors (Lipinski definition) is 2. The minimum atomic E-state index is -0.502. The first-order valence-electron chi connectivity index (χ1n) is 5.68. The molecule has 0 saturated carbocycles. The number of halogens is 1. The molecule has 0 amide bonds. The SMILES string of the molecule is CC(C)(C)NC[C@H](O)COc1ccc(Br)cc1. The summed E-state index contributed by atoms with van der Waals surface area (Å²) in [5.41, 5.74) is 0.0125. The molecule has 1 aromatic carbocycles. The van der Waals surface area contributed by atoms with Gasteiger partial charge in [-0.2, -0.15) is 0 Å². The van der Waals surface area contributed by atoms with E-state index in [0.29, 0.717) is 13.2 Å². The van der Waals surface area contributed by atoms with Crippen molar-refractivity contribution in [2.75, 3.05) is 13.2 Å². The first kappa shape index (κ1) is 14.5. The summed E-state index contributed by atoms with van der Waals surface area (Å²) < 4.78 is 6.49. The van der Waals surface area contributed by atoms with Gasteiger partial charge in [-0.1, -0.05) is 15.9 Å². The number of aliphatic hydroxyl groups is 1. The predicted octanol–water partition coefficient (Wildman–Crippen LogP) is 2.58. The van der Waals surface area contributed by atoms with Gasteiger partial charge in [0.1, 0.15) is 18.5 Å². The third-order valence-corrected chi connectivity index (χ3v) is 2.65. The summed E-state index contributed by atoms with van der Waals surface area (Å²) in [6.07, 6.45) is -0.502. The topological polar surface area (TPSA) is 41.5 Å². The molecule has 0 aromatic heterocycles. The van der Waals surface area contributed by atoms with Gasteiger partial charge in [0.25, 0.3) is 0 Å². The fourth-order valence-corrected chi connectivity index (χ4v) is 1.47. The van der Waals surface area contributed by atoms with Crippen LogP contribution in [0.15, 0.2) is 28.7 Å². The van der Waals surface area contributed by atoms with Gasteiger partial charge in [0.15, 0.2) is 0 Å². The lowest BCUT2D eigenvalue weighted by atomic mass is 10.1. The summed E-state index contributed by atoms with van der Waals surface area (Å²) in [4.78, 5) is 0. The van der Waals surface area contributed by atoms with E-state index in [1.165, 1.54) is 0 Å². The molecule has 0 spiro atoms. The summed E-state index contributed by atoms with van der Waals surface area (Å²) in [6.45, 7) is 7.02. The van der Waals surface area contributed by atoms with Gasteiger partial charge in [-0.15, -0.1) is 0 Å². The van der Waals surface area contributed by atoms with E-state index in [4.69, 9.17) is 4.74 Å². The summed E-state index contributed by atoms with van der Waals surface area (Å²) in [6, 6.07) is 7.56. The van der Waals surface area contributed by atoms with Crippen LogP contribution in [0.25, 0.3) is 0 Å². The van der Waals surface area contributed by atoms with Crippen molar-refractivity contribution in [1.29, 1.82) is 0 Å². The van der Waals surface area contributed by atoms with Crippen molar-refractivity contribution >= 4 is 15.9 Å². The Labute approximate surface area is 111 Å². The highest BCUT2D eigenvalue weighted by molar-refractivity contribution is 9.10. The molecule has 0 radical (unpaired) electrons. The van der Waals surface area contributed by atoms with Gasteiger partial charge >= 0.3 is 0 Å². The van der Waals surface area contributed by atoms with E-state index in [2.05, 4.69) is 42.0 Å². The molecule has 0 fully saturated rings. The highest BCUT2D eigenvalue weighted by Gasteiger charge is 2.12. The molecule has 0 heterocycles. The van der Waals surface area contributed by atoms with Crippen LogP contribution in [0.4, 0.5) is 0 Å². The largest absolute Gasteiger partial charge is 0.491 e. The minimum absolute atomic E-state index is 0.0125. The van der Waals surface area contributed by atoms with Crippen LogP contribution in [0.3, 0.4) is 0 Å². The van der Waals surface area contributed by atoms with E-state index in [1.54, 1.807) is 0 Å². The average molecular weight is 302 g/mol. The minimum Gasteiger partial charge on any atom is -0.491 e. The van der Waals surface area contributed by atoms with E-state index in [-0.39, 0.29) is 5.54 Å². The Morgan fingerprint density at radius 1 is 1.29 bits per heavy atom. The lowest BCUT2D eigenvalue weighted by Gasteiger charge is -2.22. The lowest BCUT2D eigenvalue weighted by molar-refractivity contribution is 0.100. The van der Waals surface area contributed by atoms with Crippen LogP contribution in [0.1, 0.15) is 20.8 Å². The maximum absolute atomic E-state index is 9.73. The molecular weight excluding hydrogens is 282 g/mol. The van der Waals surface area contributed by atoms with E-state index in [9.17, 15) is 5.11 Å². The first-order valence-corrected chi connectivity index (χ1v) is 6.47. The fraction of sp³-hybridized carbons (Fsp3) is 0.538. The van der Waals surface area contributed by atoms with E-state index < -0.39 is 6.10 Å². The summed E-state index contributed by atoms with van der Waals surface area (Å²) in [7, 11) is 0. The quantitative estimate of drug-likeness (QED) is 0.878. The lowest BCUT2D eigenvalue weighted by Crippen LogP contribution is -2.42. The van der Waals surface area contributed by atoms with E-state index in [0.717, 1.165) is 10.2 Å². The van der Waals surface area contributed by atoms with Crippen molar-refractivity contribution in [3.05, 3.63) is 28.7 Å². The first-order chi connectivity index (χ1) is 7.87. The van der Waals surface area contributed by atoms with Crippen molar-refractivity contribution in [3.8, 4) is 5.75 Å². The molecule has 17 heavy (non-hydrogen) atoms. The Balaban J connectivity index is 2.28. The van der Waals surface area contributed by atoms with Crippen LogP contribution in [-0.4, -0.2) is 29.9 Å². The van der Waals surface area contributed by atoms with Gasteiger partial charge in [0.05, 0.1) is 0 Å². The van der Waals surface area contributed by atoms with Gasteiger partial charge in [-0.05, 0) is 45.0 Å². The van der Waals surface area contributed by atoms with Crippen LogP contribution in [0.5, 0.6) is 5.75 Å². The Bertz CT molecular complexity index is 332. The maximum atomic E-state index is 9.73. The number of rotatable bonds is 5. The monoisotopic (exact) mass is 301 g/mol.